The summed E-state index contributed by atoms with van der Waals surface area (Å²) in [5, 5.41) is 7.21. The molecule has 2 aliphatic rings. The third kappa shape index (κ3) is 6.56. The fraction of sp³-hybridized carbons (Fsp3) is 0.577. The van der Waals surface area contributed by atoms with Gasteiger partial charge in [-0.15, -0.1) is 0 Å². The SMILES string of the molecule is C[C@@H]1C[C@H](C)CN(c2cc(N3CCCCCC3)nc(NC(=S)N[C@H](C)c3ccccc3)n2)C1. The second-order valence-corrected chi connectivity index (χ2v) is 10.3. The second kappa shape index (κ2) is 11.1. The monoisotopic (exact) mass is 466 g/mol. The van der Waals surface area contributed by atoms with Gasteiger partial charge in [-0.1, -0.05) is 57.0 Å². The minimum absolute atomic E-state index is 0.100. The Kier molecular flexibility index (Phi) is 8.02. The molecule has 1 aromatic heterocycles. The van der Waals surface area contributed by atoms with Crippen LogP contribution in [0.3, 0.4) is 0 Å². The van der Waals surface area contributed by atoms with Gasteiger partial charge in [-0.3, -0.25) is 0 Å². The molecule has 0 saturated carbocycles. The average molecular weight is 467 g/mol. The first-order valence-electron chi connectivity index (χ1n) is 12.5. The van der Waals surface area contributed by atoms with Gasteiger partial charge < -0.3 is 20.4 Å². The van der Waals surface area contributed by atoms with Gasteiger partial charge in [0.2, 0.25) is 5.95 Å². The Balaban J connectivity index is 1.55. The van der Waals surface area contributed by atoms with Crippen molar-refractivity contribution in [3.63, 3.8) is 0 Å². The standard InChI is InChI=1S/C26H38N6S/c1-19-15-20(2)18-32(17-19)24-16-23(31-13-9-4-5-10-14-31)28-25(29-24)30-26(33)27-21(3)22-11-7-6-8-12-22/h6-8,11-12,16,19-21H,4-5,9-10,13-15,17-18H2,1-3H3,(H2,27,28,29,30,33)/t19-,20+,21-/m1/s1. The van der Waals surface area contributed by atoms with Crippen LogP contribution in [0, 0.1) is 11.8 Å². The summed E-state index contributed by atoms with van der Waals surface area (Å²) in [6.07, 6.45) is 6.30. The van der Waals surface area contributed by atoms with Crippen LogP contribution in [0.2, 0.25) is 0 Å². The smallest absolute Gasteiger partial charge is 0.232 e. The number of benzene rings is 1. The molecule has 2 aliphatic heterocycles. The molecule has 2 N–H and O–H groups in total. The molecule has 0 bridgehead atoms. The van der Waals surface area contributed by atoms with Crippen molar-refractivity contribution in [1.82, 2.24) is 15.3 Å². The zero-order valence-electron chi connectivity index (χ0n) is 20.3. The van der Waals surface area contributed by atoms with Gasteiger partial charge in [-0.25, -0.2) is 0 Å². The molecule has 0 unspecified atom stereocenters. The Labute approximate surface area is 204 Å². The van der Waals surface area contributed by atoms with Crippen LogP contribution in [-0.2, 0) is 0 Å². The second-order valence-electron chi connectivity index (χ2n) is 9.89. The van der Waals surface area contributed by atoms with E-state index >= 15 is 0 Å². The first-order chi connectivity index (χ1) is 16.0. The van der Waals surface area contributed by atoms with E-state index in [1.807, 2.05) is 18.2 Å². The minimum atomic E-state index is 0.100. The van der Waals surface area contributed by atoms with E-state index in [0.29, 0.717) is 22.9 Å². The van der Waals surface area contributed by atoms with Crippen LogP contribution in [-0.4, -0.2) is 41.3 Å². The van der Waals surface area contributed by atoms with Crippen LogP contribution >= 0.6 is 12.2 Å². The van der Waals surface area contributed by atoms with Crippen molar-refractivity contribution in [2.24, 2.45) is 11.8 Å². The molecular formula is C26H38N6S. The number of hydrogen-bond donors (Lipinski definition) is 2. The lowest BCUT2D eigenvalue weighted by molar-refractivity contribution is 0.355. The number of thiocarbonyl (C=S) groups is 1. The Hall–Kier alpha value is -2.41. The molecule has 0 aliphatic carbocycles. The van der Waals surface area contributed by atoms with E-state index in [1.165, 1.54) is 37.7 Å². The summed E-state index contributed by atoms with van der Waals surface area (Å²) >= 11 is 5.64. The number of rotatable bonds is 5. The van der Waals surface area contributed by atoms with E-state index in [9.17, 15) is 0 Å². The van der Waals surface area contributed by atoms with Gasteiger partial charge in [0.05, 0.1) is 6.04 Å². The van der Waals surface area contributed by atoms with Crippen molar-refractivity contribution in [1.29, 1.82) is 0 Å². The van der Waals surface area contributed by atoms with Gasteiger partial charge in [0, 0.05) is 32.2 Å². The van der Waals surface area contributed by atoms with Crippen LogP contribution in [0.25, 0.3) is 0 Å². The first-order valence-corrected chi connectivity index (χ1v) is 12.9. The molecule has 33 heavy (non-hydrogen) atoms. The molecule has 0 spiro atoms. The largest absolute Gasteiger partial charge is 0.356 e. The summed E-state index contributed by atoms with van der Waals surface area (Å²) in [6, 6.07) is 12.6. The van der Waals surface area contributed by atoms with E-state index in [2.05, 4.69) is 59.4 Å². The predicted octanol–water partition coefficient (Wildman–Crippen LogP) is 5.39. The third-order valence-corrected chi connectivity index (χ3v) is 6.91. The maximum Gasteiger partial charge on any atom is 0.232 e. The molecule has 2 fully saturated rings. The van der Waals surface area contributed by atoms with E-state index in [0.717, 1.165) is 37.8 Å². The Morgan fingerprint density at radius 2 is 1.55 bits per heavy atom. The van der Waals surface area contributed by atoms with Crippen LogP contribution < -0.4 is 20.4 Å². The summed E-state index contributed by atoms with van der Waals surface area (Å²) in [6.45, 7) is 11.0. The van der Waals surface area contributed by atoms with E-state index in [-0.39, 0.29) is 6.04 Å². The lowest BCUT2D eigenvalue weighted by atomic mass is 9.92. The summed E-state index contributed by atoms with van der Waals surface area (Å²) in [4.78, 5) is 14.7. The maximum absolute atomic E-state index is 5.64. The van der Waals surface area contributed by atoms with Gasteiger partial charge >= 0.3 is 0 Å². The molecule has 0 amide bonds. The maximum atomic E-state index is 5.64. The van der Waals surface area contributed by atoms with Crippen molar-refractivity contribution >= 4 is 34.9 Å². The number of hydrogen-bond acceptors (Lipinski definition) is 5. The van der Waals surface area contributed by atoms with Crippen LogP contribution in [0.4, 0.5) is 17.6 Å². The molecule has 7 heteroatoms. The molecule has 2 saturated heterocycles. The fourth-order valence-electron chi connectivity index (χ4n) is 5.11. The summed E-state index contributed by atoms with van der Waals surface area (Å²) in [5.41, 5.74) is 1.19. The Bertz CT molecular complexity index is 902. The Morgan fingerprint density at radius 1 is 0.939 bits per heavy atom. The predicted molar refractivity (Wildman–Crippen MR) is 142 cm³/mol. The highest BCUT2D eigenvalue weighted by Crippen LogP contribution is 2.29. The lowest BCUT2D eigenvalue weighted by Gasteiger charge is -2.36. The van der Waals surface area contributed by atoms with Crippen molar-refractivity contribution in [3.8, 4) is 0 Å². The zero-order valence-corrected chi connectivity index (χ0v) is 21.1. The summed E-state index contributed by atoms with van der Waals surface area (Å²) in [7, 11) is 0. The molecule has 6 nitrogen and oxygen atoms in total. The number of nitrogens with one attached hydrogen (secondary N) is 2. The topological polar surface area (TPSA) is 56.3 Å². The van der Waals surface area contributed by atoms with Gasteiger partial charge in [0.25, 0.3) is 0 Å². The lowest BCUT2D eigenvalue weighted by Crippen LogP contribution is -2.39. The van der Waals surface area contributed by atoms with Gasteiger partial charge in [-0.05, 0) is 55.8 Å². The van der Waals surface area contributed by atoms with Gasteiger partial charge in [-0.2, -0.15) is 9.97 Å². The average Bonchev–Trinajstić information content (AvgIpc) is 3.08. The molecule has 3 atom stereocenters. The molecule has 0 radical (unpaired) electrons. The highest BCUT2D eigenvalue weighted by Gasteiger charge is 2.25. The van der Waals surface area contributed by atoms with Crippen molar-refractivity contribution < 1.29 is 0 Å². The van der Waals surface area contributed by atoms with Gasteiger partial charge in [0.1, 0.15) is 11.6 Å². The molecule has 4 rings (SSSR count). The molecule has 1 aromatic carbocycles. The number of anilines is 3. The Morgan fingerprint density at radius 3 is 2.18 bits per heavy atom. The third-order valence-electron chi connectivity index (χ3n) is 6.69. The number of aromatic nitrogens is 2. The summed E-state index contributed by atoms with van der Waals surface area (Å²) < 4.78 is 0. The highest BCUT2D eigenvalue weighted by atomic mass is 32.1. The minimum Gasteiger partial charge on any atom is -0.356 e. The zero-order chi connectivity index (χ0) is 23.2. The normalized spacial score (nSPS) is 22.4. The van der Waals surface area contributed by atoms with Crippen molar-refractivity contribution in [3.05, 3.63) is 42.0 Å². The van der Waals surface area contributed by atoms with Crippen LogP contribution in [0.1, 0.15) is 64.5 Å². The quantitative estimate of drug-likeness (QED) is 0.573. The molecule has 2 aromatic rings. The van der Waals surface area contributed by atoms with E-state index in [4.69, 9.17) is 22.2 Å². The fourth-order valence-corrected chi connectivity index (χ4v) is 5.38. The van der Waals surface area contributed by atoms with Crippen molar-refractivity contribution in [2.45, 2.75) is 58.9 Å². The molecular weight excluding hydrogens is 428 g/mol. The molecule has 178 valence electrons. The molecule has 3 heterocycles. The van der Waals surface area contributed by atoms with Crippen LogP contribution in [0.15, 0.2) is 36.4 Å². The summed E-state index contributed by atoms with van der Waals surface area (Å²) in [5.74, 6) is 3.92. The number of nitrogens with zero attached hydrogens (tertiary/aromatic N) is 4. The van der Waals surface area contributed by atoms with Crippen molar-refractivity contribution in [2.75, 3.05) is 41.3 Å². The van der Waals surface area contributed by atoms with Gasteiger partial charge in [0.15, 0.2) is 5.11 Å². The number of piperidine rings is 1. The van der Waals surface area contributed by atoms with Crippen LogP contribution in [0.5, 0.6) is 0 Å². The van der Waals surface area contributed by atoms with E-state index < -0.39 is 0 Å². The first kappa shape index (κ1) is 23.7. The van der Waals surface area contributed by atoms with E-state index in [1.54, 1.807) is 0 Å². The highest BCUT2D eigenvalue weighted by molar-refractivity contribution is 7.80.